The zero-order chi connectivity index (χ0) is 16.4. The quantitative estimate of drug-likeness (QED) is 0.855. The average Bonchev–Trinajstić information content (AvgIpc) is 3.01. The molecular formula is C18H26Cl2N2O2. The first-order valence-electron chi connectivity index (χ1n) is 8.52. The van der Waals surface area contributed by atoms with Gasteiger partial charge in [-0.1, -0.05) is 23.7 Å². The molecule has 1 amide bonds. The van der Waals surface area contributed by atoms with E-state index in [0.29, 0.717) is 5.02 Å². The van der Waals surface area contributed by atoms with Crippen LogP contribution >= 0.6 is 24.0 Å². The van der Waals surface area contributed by atoms with Gasteiger partial charge in [-0.25, -0.2) is 0 Å². The van der Waals surface area contributed by atoms with Crippen molar-refractivity contribution in [2.24, 2.45) is 17.6 Å². The van der Waals surface area contributed by atoms with Crippen LogP contribution in [-0.2, 0) is 4.79 Å². The third-order valence-electron chi connectivity index (χ3n) is 5.33. The van der Waals surface area contributed by atoms with Crippen molar-refractivity contribution in [1.29, 1.82) is 0 Å². The topological polar surface area (TPSA) is 66.6 Å². The predicted molar refractivity (Wildman–Crippen MR) is 98.3 cm³/mol. The summed E-state index contributed by atoms with van der Waals surface area (Å²) in [6.45, 7) is 1.47. The van der Waals surface area contributed by atoms with E-state index in [4.69, 9.17) is 17.3 Å². The number of piperidine rings is 1. The Kier molecular flexibility index (Phi) is 6.93. The number of halogens is 2. The molecule has 24 heavy (non-hydrogen) atoms. The van der Waals surface area contributed by atoms with E-state index in [9.17, 15) is 9.90 Å². The van der Waals surface area contributed by atoms with Gasteiger partial charge >= 0.3 is 0 Å². The van der Waals surface area contributed by atoms with E-state index in [1.807, 2.05) is 29.2 Å². The lowest BCUT2D eigenvalue weighted by atomic mass is 9.87. The molecule has 0 spiro atoms. The summed E-state index contributed by atoms with van der Waals surface area (Å²) in [5.74, 6) is 0.575. The Morgan fingerprint density at radius 3 is 2.33 bits per heavy atom. The van der Waals surface area contributed by atoms with E-state index < -0.39 is 6.10 Å². The van der Waals surface area contributed by atoms with E-state index >= 15 is 0 Å². The molecule has 1 saturated heterocycles. The number of nitrogens with two attached hydrogens (primary N) is 1. The molecule has 2 fully saturated rings. The molecule has 0 aromatic heterocycles. The van der Waals surface area contributed by atoms with Crippen molar-refractivity contribution in [3.8, 4) is 0 Å². The number of carbonyl (C=O) groups excluding carboxylic acids is 1. The average molecular weight is 373 g/mol. The van der Waals surface area contributed by atoms with Crippen LogP contribution in [0.2, 0.25) is 5.02 Å². The van der Waals surface area contributed by atoms with Gasteiger partial charge in [-0.15, -0.1) is 12.4 Å². The first-order valence-corrected chi connectivity index (χ1v) is 8.90. The maximum Gasteiger partial charge on any atom is 0.225 e. The van der Waals surface area contributed by atoms with Crippen LogP contribution in [0.4, 0.5) is 0 Å². The van der Waals surface area contributed by atoms with Gasteiger partial charge in [0.1, 0.15) is 0 Å². The molecule has 0 radical (unpaired) electrons. The number of benzene rings is 1. The highest BCUT2D eigenvalue weighted by Gasteiger charge is 2.34. The number of amides is 1. The van der Waals surface area contributed by atoms with Gasteiger partial charge in [-0.2, -0.15) is 0 Å². The van der Waals surface area contributed by atoms with Gasteiger partial charge in [0.25, 0.3) is 0 Å². The number of aliphatic hydroxyl groups excluding tert-OH is 1. The summed E-state index contributed by atoms with van der Waals surface area (Å²) in [7, 11) is 0. The van der Waals surface area contributed by atoms with Crippen molar-refractivity contribution in [3.63, 3.8) is 0 Å². The minimum absolute atomic E-state index is 0. The van der Waals surface area contributed by atoms with Crippen molar-refractivity contribution in [1.82, 2.24) is 4.90 Å². The Hall–Kier alpha value is -0.810. The standard InChI is InChI=1S/C18H25ClN2O2.ClH/c19-15-4-1-12(2-5-15)17(22)13-7-9-21(10-8-13)18(23)14-3-6-16(20)11-14;/h1-2,4-5,13-14,16-17,22H,3,6-11,20H2;1H. The van der Waals surface area contributed by atoms with E-state index in [1.165, 1.54) is 0 Å². The molecule has 4 nitrogen and oxygen atoms in total. The van der Waals surface area contributed by atoms with Gasteiger partial charge in [0.05, 0.1) is 6.10 Å². The maximum absolute atomic E-state index is 12.5. The SMILES string of the molecule is Cl.NC1CCC(C(=O)N2CCC(C(O)c3ccc(Cl)cc3)CC2)C1. The van der Waals surface area contributed by atoms with Gasteiger partial charge < -0.3 is 15.7 Å². The Morgan fingerprint density at radius 2 is 1.79 bits per heavy atom. The van der Waals surface area contributed by atoms with Gasteiger partial charge in [0.15, 0.2) is 0 Å². The van der Waals surface area contributed by atoms with Crippen molar-refractivity contribution in [2.75, 3.05) is 13.1 Å². The largest absolute Gasteiger partial charge is 0.388 e. The van der Waals surface area contributed by atoms with Crippen LogP contribution < -0.4 is 5.73 Å². The van der Waals surface area contributed by atoms with Crippen molar-refractivity contribution < 1.29 is 9.90 Å². The monoisotopic (exact) mass is 372 g/mol. The second-order valence-corrected chi connectivity index (χ2v) is 7.37. The normalized spacial score (nSPS) is 26.0. The number of hydrogen-bond donors (Lipinski definition) is 2. The molecule has 3 rings (SSSR count). The van der Waals surface area contributed by atoms with Crippen molar-refractivity contribution in [2.45, 2.75) is 44.2 Å². The molecule has 1 aliphatic heterocycles. The lowest BCUT2D eigenvalue weighted by molar-refractivity contribution is -0.137. The van der Waals surface area contributed by atoms with Crippen molar-refractivity contribution in [3.05, 3.63) is 34.9 Å². The van der Waals surface area contributed by atoms with Gasteiger partial charge in [0, 0.05) is 30.1 Å². The van der Waals surface area contributed by atoms with E-state index in [1.54, 1.807) is 0 Å². The highest BCUT2D eigenvalue weighted by atomic mass is 35.5. The molecular weight excluding hydrogens is 347 g/mol. The number of aliphatic hydroxyl groups is 1. The Labute approximate surface area is 154 Å². The third-order valence-corrected chi connectivity index (χ3v) is 5.58. The maximum atomic E-state index is 12.5. The Morgan fingerprint density at radius 1 is 1.17 bits per heavy atom. The van der Waals surface area contributed by atoms with Gasteiger partial charge in [0.2, 0.25) is 5.91 Å². The fraction of sp³-hybridized carbons (Fsp3) is 0.611. The number of rotatable bonds is 3. The summed E-state index contributed by atoms with van der Waals surface area (Å²) in [4.78, 5) is 14.5. The minimum Gasteiger partial charge on any atom is -0.388 e. The van der Waals surface area contributed by atoms with Crippen LogP contribution in [0.15, 0.2) is 24.3 Å². The summed E-state index contributed by atoms with van der Waals surface area (Å²) in [5, 5.41) is 11.2. The van der Waals surface area contributed by atoms with Crippen LogP contribution in [0.3, 0.4) is 0 Å². The first-order chi connectivity index (χ1) is 11.0. The minimum atomic E-state index is -0.482. The highest BCUT2D eigenvalue weighted by molar-refractivity contribution is 6.30. The molecule has 3 unspecified atom stereocenters. The number of nitrogens with zero attached hydrogens (tertiary/aromatic N) is 1. The van der Waals surface area contributed by atoms with E-state index in [0.717, 1.165) is 50.8 Å². The Balaban J connectivity index is 0.00000208. The third kappa shape index (κ3) is 4.42. The predicted octanol–water partition coefficient (Wildman–Crippen LogP) is 3.16. The molecule has 1 saturated carbocycles. The molecule has 0 bridgehead atoms. The highest BCUT2D eigenvalue weighted by Crippen LogP contribution is 2.33. The number of likely N-dealkylation sites (tertiary alicyclic amines) is 1. The molecule has 3 N–H and O–H groups in total. The molecule has 6 heteroatoms. The summed E-state index contributed by atoms with van der Waals surface area (Å²) in [6.07, 6.45) is 3.91. The van der Waals surface area contributed by atoms with Crippen LogP contribution in [0.25, 0.3) is 0 Å². The van der Waals surface area contributed by atoms with Gasteiger partial charge in [-0.3, -0.25) is 4.79 Å². The Bertz CT molecular complexity index is 544. The molecule has 1 aliphatic carbocycles. The second kappa shape index (κ2) is 8.52. The smallest absolute Gasteiger partial charge is 0.225 e. The summed E-state index contributed by atoms with van der Waals surface area (Å²) in [6, 6.07) is 7.56. The van der Waals surface area contributed by atoms with Crippen molar-refractivity contribution >= 4 is 29.9 Å². The van der Waals surface area contributed by atoms with Crippen LogP contribution in [-0.4, -0.2) is 35.0 Å². The van der Waals surface area contributed by atoms with Crippen LogP contribution in [0.1, 0.15) is 43.8 Å². The first kappa shape index (κ1) is 19.5. The number of carbonyl (C=O) groups is 1. The zero-order valence-electron chi connectivity index (χ0n) is 13.7. The van der Waals surface area contributed by atoms with Crippen LogP contribution in [0.5, 0.6) is 0 Å². The fourth-order valence-corrected chi connectivity index (χ4v) is 3.99. The van der Waals surface area contributed by atoms with E-state index in [2.05, 4.69) is 0 Å². The molecule has 134 valence electrons. The lowest BCUT2D eigenvalue weighted by Crippen LogP contribution is -2.42. The van der Waals surface area contributed by atoms with E-state index in [-0.39, 0.29) is 36.2 Å². The zero-order valence-corrected chi connectivity index (χ0v) is 15.3. The summed E-state index contributed by atoms with van der Waals surface area (Å²) >= 11 is 5.89. The van der Waals surface area contributed by atoms with Crippen LogP contribution in [0, 0.1) is 11.8 Å². The molecule has 2 aliphatic rings. The second-order valence-electron chi connectivity index (χ2n) is 6.93. The molecule has 3 atom stereocenters. The molecule has 1 heterocycles. The fourth-order valence-electron chi connectivity index (χ4n) is 3.87. The summed E-state index contributed by atoms with van der Waals surface area (Å²) in [5.41, 5.74) is 6.82. The summed E-state index contributed by atoms with van der Waals surface area (Å²) < 4.78 is 0. The number of hydrogen-bond acceptors (Lipinski definition) is 3. The molecule has 1 aromatic rings. The van der Waals surface area contributed by atoms with Gasteiger partial charge in [-0.05, 0) is 55.7 Å². The molecule has 1 aromatic carbocycles. The lowest BCUT2D eigenvalue weighted by Gasteiger charge is -2.35.